The van der Waals surface area contributed by atoms with Gasteiger partial charge in [-0.05, 0) is 42.8 Å². The molecule has 0 saturated heterocycles. The van der Waals surface area contributed by atoms with Crippen molar-refractivity contribution >= 4 is 39.1 Å². The van der Waals surface area contributed by atoms with Crippen LogP contribution in [0.5, 0.6) is 5.75 Å². The molecule has 0 spiro atoms. The zero-order valence-electron chi connectivity index (χ0n) is 15.6. The number of methoxy groups -OCH3 is 1. The summed E-state index contributed by atoms with van der Waals surface area (Å²) in [5.41, 5.74) is 2.48. The second-order valence-corrected chi connectivity index (χ2v) is 6.73. The molecule has 27 heavy (non-hydrogen) atoms. The molecule has 0 aliphatic rings. The van der Waals surface area contributed by atoms with Gasteiger partial charge in [-0.3, -0.25) is 9.59 Å². The molecule has 7 heteroatoms. The van der Waals surface area contributed by atoms with E-state index in [1.165, 1.54) is 0 Å². The van der Waals surface area contributed by atoms with Gasteiger partial charge in [0.2, 0.25) is 5.91 Å². The van der Waals surface area contributed by atoms with E-state index in [4.69, 9.17) is 9.47 Å². The van der Waals surface area contributed by atoms with E-state index in [0.29, 0.717) is 42.3 Å². The summed E-state index contributed by atoms with van der Waals surface area (Å²) in [7, 11) is 1.59. The molecular weight excluding hydrogens is 412 g/mol. The van der Waals surface area contributed by atoms with Crippen molar-refractivity contribution in [1.29, 1.82) is 0 Å². The van der Waals surface area contributed by atoms with E-state index < -0.39 is 0 Å². The second kappa shape index (κ2) is 10.1. The van der Waals surface area contributed by atoms with E-state index in [1.807, 2.05) is 13.0 Å². The summed E-state index contributed by atoms with van der Waals surface area (Å²) in [5.74, 6) is 0.0917. The van der Waals surface area contributed by atoms with Gasteiger partial charge in [0.05, 0.1) is 12.2 Å². The highest BCUT2D eigenvalue weighted by molar-refractivity contribution is 9.10. The van der Waals surface area contributed by atoms with Gasteiger partial charge >= 0.3 is 0 Å². The number of amides is 2. The van der Waals surface area contributed by atoms with Gasteiger partial charge in [-0.25, -0.2) is 0 Å². The first-order chi connectivity index (χ1) is 13.0. The molecule has 2 rings (SSSR count). The Balaban J connectivity index is 2.23. The predicted octanol–water partition coefficient (Wildman–Crippen LogP) is 4.38. The van der Waals surface area contributed by atoms with Gasteiger partial charge in [0, 0.05) is 29.4 Å². The summed E-state index contributed by atoms with van der Waals surface area (Å²) >= 11 is 3.39. The first-order valence-electron chi connectivity index (χ1n) is 8.58. The Hall–Kier alpha value is -2.38. The Bertz CT molecular complexity index is 824. The third-order valence-corrected chi connectivity index (χ3v) is 4.40. The highest BCUT2D eigenvalue weighted by atomic mass is 79.9. The Morgan fingerprint density at radius 3 is 2.44 bits per heavy atom. The van der Waals surface area contributed by atoms with Crippen LogP contribution in [0.4, 0.5) is 11.4 Å². The van der Waals surface area contributed by atoms with Crippen molar-refractivity contribution in [3.8, 4) is 5.75 Å². The Labute approximate surface area is 167 Å². The molecule has 2 amide bonds. The zero-order chi connectivity index (χ0) is 19.8. The van der Waals surface area contributed by atoms with Crippen LogP contribution in [0.1, 0.15) is 29.3 Å². The lowest BCUT2D eigenvalue weighted by Gasteiger charge is -2.15. The quantitative estimate of drug-likeness (QED) is 0.604. The minimum atomic E-state index is -0.300. The van der Waals surface area contributed by atoms with Crippen LogP contribution in [-0.4, -0.2) is 32.1 Å². The third-order valence-electron chi connectivity index (χ3n) is 3.91. The highest BCUT2D eigenvalue weighted by Crippen LogP contribution is 2.27. The standard InChI is InChI=1S/C20H23BrN2O4/c1-4-19(24)22-16-6-5-7-17(13(16)2)23-20(25)15-12-14(21)8-9-18(15)27-11-10-26-3/h5-9,12H,4,10-11H2,1-3H3,(H,22,24)(H,23,25). The molecule has 0 aromatic heterocycles. The number of carbonyl (C=O) groups excluding carboxylic acids is 2. The summed E-state index contributed by atoms with van der Waals surface area (Å²) in [6.45, 7) is 4.40. The normalized spacial score (nSPS) is 10.4. The molecule has 2 N–H and O–H groups in total. The molecule has 6 nitrogen and oxygen atoms in total. The average Bonchev–Trinajstić information content (AvgIpc) is 2.66. The van der Waals surface area contributed by atoms with E-state index >= 15 is 0 Å². The van der Waals surface area contributed by atoms with Crippen molar-refractivity contribution in [2.45, 2.75) is 20.3 Å². The highest BCUT2D eigenvalue weighted by Gasteiger charge is 2.16. The lowest BCUT2D eigenvalue weighted by Crippen LogP contribution is -2.16. The van der Waals surface area contributed by atoms with E-state index in [2.05, 4.69) is 26.6 Å². The van der Waals surface area contributed by atoms with Crippen LogP contribution >= 0.6 is 15.9 Å². The fourth-order valence-corrected chi connectivity index (χ4v) is 2.74. The monoisotopic (exact) mass is 434 g/mol. The predicted molar refractivity (Wildman–Crippen MR) is 110 cm³/mol. The SMILES string of the molecule is CCC(=O)Nc1cccc(NC(=O)c2cc(Br)ccc2OCCOC)c1C. The topological polar surface area (TPSA) is 76.7 Å². The maximum atomic E-state index is 12.8. The lowest BCUT2D eigenvalue weighted by atomic mass is 10.1. The smallest absolute Gasteiger partial charge is 0.259 e. The molecule has 144 valence electrons. The van der Waals surface area contributed by atoms with Gasteiger partial charge in [-0.2, -0.15) is 0 Å². The van der Waals surface area contributed by atoms with E-state index in [-0.39, 0.29) is 11.8 Å². The van der Waals surface area contributed by atoms with Crippen molar-refractivity contribution < 1.29 is 19.1 Å². The van der Waals surface area contributed by atoms with Crippen LogP contribution in [0.15, 0.2) is 40.9 Å². The molecule has 0 atom stereocenters. The number of halogens is 1. The van der Waals surface area contributed by atoms with Crippen LogP contribution in [0.3, 0.4) is 0 Å². The molecule has 0 aliphatic carbocycles. The van der Waals surface area contributed by atoms with Crippen molar-refractivity contribution in [3.05, 3.63) is 52.0 Å². The molecule has 0 unspecified atom stereocenters. The molecule has 0 aliphatic heterocycles. The van der Waals surface area contributed by atoms with Crippen molar-refractivity contribution in [2.24, 2.45) is 0 Å². The molecule has 0 heterocycles. The minimum Gasteiger partial charge on any atom is -0.490 e. The molecule has 0 radical (unpaired) electrons. The maximum Gasteiger partial charge on any atom is 0.259 e. The van der Waals surface area contributed by atoms with Gasteiger partial charge in [0.1, 0.15) is 12.4 Å². The van der Waals surface area contributed by atoms with E-state index in [0.717, 1.165) is 10.0 Å². The van der Waals surface area contributed by atoms with Gasteiger partial charge < -0.3 is 20.1 Å². The van der Waals surface area contributed by atoms with Crippen LogP contribution in [-0.2, 0) is 9.53 Å². The number of carbonyl (C=O) groups is 2. The number of nitrogens with one attached hydrogen (secondary N) is 2. The van der Waals surface area contributed by atoms with E-state index in [1.54, 1.807) is 44.4 Å². The minimum absolute atomic E-state index is 0.0811. The van der Waals surface area contributed by atoms with Crippen LogP contribution in [0.2, 0.25) is 0 Å². The summed E-state index contributed by atoms with van der Waals surface area (Å²) in [6, 6.07) is 10.6. The molecule has 0 saturated carbocycles. The average molecular weight is 435 g/mol. The lowest BCUT2D eigenvalue weighted by molar-refractivity contribution is -0.115. The Morgan fingerprint density at radius 1 is 1.07 bits per heavy atom. The van der Waals surface area contributed by atoms with Crippen molar-refractivity contribution in [3.63, 3.8) is 0 Å². The summed E-state index contributed by atoms with van der Waals surface area (Å²) in [4.78, 5) is 24.5. The van der Waals surface area contributed by atoms with Crippen LogP contribution in [0, 0.1) is 6.92 Å². The molecular formula is C20H23BrN2O4. The second-order valence-electron chi connectivity index (χ2n) is 5.82. The van der Waals surface area contributed by atoms with Crippen molar-refractivity contribution in [1.82, 2.24) is 0 Å². The number of hydrogen-bond donors (Lipinski definition) is 2. The first-order valence-corrected chi connectivity index (χ1v) is 9.37. The van der Waals surface area contributed by atoms with Gasteiger partial charge in [0.25, 0.3) is 5.91 Å². The number of ether oxygens (including phenoxy) is 2. The van der Waals surface area contributed by atoms with E-state index in [9.17, 15) is 9.59 Å². The zero-order valence-corrected chi connectivity index (χ0v) is 17.2. The fraction of sp³-hybridized carbons (Fsp3) is 0.300. The summed E-state index contributed by atoms with van der Waals surface area (Å²) in [5, 5.41) is 5.73. The third kappa shape index (κ3) is 5.80. The molecule has 2 aromatic rings. The molecule has 0 bridgehead atoms. The van der Waals surface area contributed by atoms with Gasteiger partial charge in [-0.1, -0.05) is 28.9 Å². The van der Waals surface area contributed by atoms with Crippen LogP contribution < -0.4 is 15.4 Å². The number of benzene rings is 2. The fourth-order valence-electron chi connectivity index (χ4n) is 2.38. The summed E-state index contributed by atoms with van der Waals surface area (Å²) in [6.07, 6.45) is 0.385. The largest absolute Gasteiger partial charge is 0.490 e. The maximum absolute atomic E-state index is 12.8. The van der Waals surface area contributed by atoms with Gasteiger partial charge in [-0.15, -0.1) is 0 Å². The molecule has 0 fully saturated rings. The Morgan fingerprint density at radius 2 is 1.78 bits per heavy atom. The van der Waals surface area contributed by atoms with Crippen molar-refractivity contribution in [2.75, 3.05) is 31.0 Å². The molecule has 2 aromatic carbocycles. The number of anilines is 2. The number of hydrogen-bond acceptors (Lipinski definition) is 4. The Kier molecular flexibility index (Phi) is 7.82. The first kappa shape index (κ1) is 20.9. The number of rotatable bonds is 8. The van der Waals surface area contributed by atoms with Crippen LogP contribution in [0.25, 0.3) is 0 Å². The summed E-state index contributed by atoms with van der Waals surface area (Å²) < 4.78 is 11.4. The van der Waals surface area contributed by atoms with Gasteiger partial charge in [0.15, 0.2) is 0 Å².